The van der Waals surface area contributed by atoms with Crippen molar-refractivity contribution in [3.05, 3.63) is 141 Å². The summed E-state index contributed by atoms with van der Waals surface area (Å²) >= 11 is 0. The zero-order chi connectivity index (χ0) is 55.7. The highest BCUT2D eigenvalue weighted by Gasteiger charge is 2.51. The topological polar surface area (TPSA) is 199 Å². The number of nitrogens with one attached hydrogen (secondary N) is 3. The minimum Gasteiger partial charge on any atom is -0.468 e. The summed E-state index contributed by atoms with van der Waals surface area (Å²) < 4.78 is 71.6. The second kappa shape index (κ2) is 21.3. The van der Waals surface area contributed by atoms with E-state index in [9.17, 15) is 37.2 Å². The van der Waals surface area contributed by atoms with Crippen LogP contribution in [0, 0.1) is 40.0 Å². The van der Waals surface area contributed by atoms with Crippen molar-refractivity contribution in [1.82, 2.24) is 24.5 Å². The van der Waals surface area contributed by atoms with Gasteiger partial charge in [-0.3, -0.25) is 24.7 Å². The fourth-order valence-electron chi connectivity index (χ4n) is 13.7. The van der Waals surface area contributed by atoms with Crippen LogP contribution in [0.15, 0.2) is 102 Å². The number of halogens is 2. The third-order valence-corrected chi connectivity index (χ3v) is 19.9. The Hall–Kier alpha value is -6.71. The third kappa shape index (κ3) is 10.5. The van der Waals surface area contributed by atoms with E-state index in [1.807, 2.05) is 31.2 Å². The molecule has 422 valence electrons. The molecule has 4 atom stereocenters. The Labute approximate surface area is 464 Å². The molecule has 80 heavy (non-hydrogen) atoms. The maximum atomic E-state index is 14.8. The van der Waals surface area contributed by atoms with E-state index in [1.165, 1.54) is 35.4 Å². The number of rotatable bonds is 13. The minimum atomic E-state index is -4.66. The summed E-state index contributed by atoms with van der Waals surface area (Å²) in [6, 6.07) is 25.9. The molecule has 0 radical (unpaired) electrons. The van der Waals surface area contributed by atoms with E-state index < -0.39 is 54.8 Å². The first-order chi connectivity index (χ1) is 38.4. The molecular formula is C60H69F2N9O8S. The number of piperidine rings is 1. The number of nitro benzene ring substituents is 1. The number of carbonyl (C=O) groups excluding carboxylic acids is 1. The van der Waals surface area contributed by atoms with Gasteiger partial charge in [0.2, 0.25) is 5.88 Å². The number of fused-ring (bicyclic) bond motifs is 3. The number of nitrogens with zero attached hydrogens (tertiary/aromatic N) is 6. The fraction of sp³-hybridized carbons (Fsp3) is 0.467. The number of aryl methyl sites for hydroxylation is 1. The lowest BCUT2D eigenvalue weighted by atomic mass is 9.59. The van der Waals surface area contributed by atoms with Crippen molar-refractivity contribution in [3.8, 4) is 5.88 Å². The largest absolute Gasteiger partial charge is 0.468 e. The predicted octanol–water partition coefficient (Wildman–Crippen LogP) is 10.1. The van der Waals surface area contributed by atoms with Gasteiger partial charge in [-0.15, -0.1) is 0 Å². The number of ether oxygens (including phenoxy) is 2. The molecule has 6 aliphatic rings. The van der Waals surface area contributed by atoms with Crippen LogP contribution >= 0.6 is 0 Å². The second-order valence-corrected chi connectivity index (χ2v) is 25.3. The van der Waals surface area contributed by atoms with Crippen molar-refractivity contribution < 1.29 is 41.5 Å². The fourth-order valence-corrected chi connectivity index (χ4v) is 14.7. The molecule has 4 aromatic carbocycles. The first-order valence-corrected chi connectivity index (χ1v) is 29.6. The Morgan fingerprint density at radius 2 is 1.73 bits per heavy atom. The molecule has 1 amide bonds. The van der Waals surface area contributed by atoms with Crippen molar-refractivity contribution in [3.63, 3.8) is 0 Å². The number of aromatic amines is 1. The number of amides is 1. The van der Waals surface area contributed by atoms with E-state index in [2.05, 4.69) is 72.7 Å². The number of H-pyrrole nitrogens is 1. The van der Waals surface area contributed by atoms with Gasteiger partial charge in [0.15, 0.2) is 11.6 Å². The van der Waals surface area contributed by atoms with Gasteiger partial charge in [-0.05, 0) is 161 Å². The molecule has 4 aliphatic heterocycles. The van der Waals surface area contributed by atoms with Crippen molar-refractivity contribution in [1.29, 1.82) is 0 Å². The standard InChI is InChI=1S/C60H69F2N9O8S/c1-37-6-4-5-7-45(37)54-35-68(38(2)40-8-12-47(61)48(62)28-40)25-26-69(54)43-32-60(33-43)20-23-67(24-21-60)42-9-11-46(51(30-42)70-50-17-27-78-36-55(50)79-58-53(70)29-41-16-22-63-56(41)65-58)57(72)66-80(76,77)44-10-13-49(52(31-44)71(74)75)64-34-39-14-18-59(3,73)19-15-39/h4-13,16,22,28-31,38-39,43,50,54-55,64,73H,14-15,17-21,23-27,32-36H2,1-3H3,(H,63,65)(H,66,72)/t38-,39?,50-,54-,55-,59?/m0/s1. The molecule has 12 rings (SSSR count). The molecule has 4 N–H and O–H groups in total. The van der Waals surface area contributed by atoms with Gasteiger partial charge in [-0.25, -0.2) is 21.9 Å². The summed E-state index contributed by atoms with van der Waals surface area (Å²) in [5, 5.41) is 26.8. The average molecular weight is 1110 g/mol. The first-order valence-electron chi connectivity index (χ1n) is 28.1. The van der Waals surface area contributed by atoms with Gasteiger partial charge >= 0.3 is 0 Å². The summed E-state index contributed by atoms with van der Waals surface area (Å²) in [7, 11) is -4.66. The maximum Gasteiger partial charge on any atom is 0.293 e. The molecule has 1 spiro atoms. The van der Waals surface area contributed by atoms with E-state index in [1.54, 1.807) is 18.3 Å². The van der Waals surface area contributed by atoms with Crippen LogP contribution in [-0.4, -0.2) is 120 Å². The number of hydrogen-bond acceptors (Lipinski definition) is 14. The predicted molar refractivity (Wildman–Crippen MR) is 301 cm³/mol. The van der Waals surface area contributed by atoms with Crippen LogP contribution in [0.1, 0.15) is 111 Å². The number of nitro groups is 1. The van der Waals surface area contributed by atoms with Crippen LogP contribution in [0.4, 0.5) is 37.2 Å². The van der Waals surface area contributed by atoms with E-state index in [4.69, 9.17) is 14.5 Å². The minimum absolute atomic E-state index is 0.0849. The van der Waals surface area contributed by atoms with E-state index in [0.29, 0.717) is 61.4 Å². The SMILES string of the molecule is Cc1ccccc1[C@@H]1CN([C@@H](C)c2ccc(F)c(F)c2)CCN1C1CC2(CCN(c3ccc(C(=O)NS(=O)(=O)c4ccc(NCC5CCC(C)(O)CC5)c([N+](=O)[O-])c4)c(N4c5cc6cc[nH]c6nc5O[C@H]5COCC[C@@H]54)c3)CC2)C1. The lowest BCUT2D eigenvalue weighted by Crippen LogP contribution is -2.60. The normalized spacial score (nSPS) is 24.8. The van der Waals surface area contributed by atoms with Crippen LogP contribution < -0.4 is 24.6 Å². The van der Waals surface area contributed by atoms with Gasteiger partial charge in [-0.1, -0.05) is 30.3 Å². The molecule has 0 unspecified atom stereocenters. The summed E-state index contributed by atoms with van der Waals surface area (Å²) in [5.41, 5.74) is 5.08. The van der Waals surface area contributed by atoms with Gasteiger partial charge in [-0.2, -0.15) is 4.98 Å². The van der Waals surface area contributed by atoms with Gasteiger partial charge in [0.05, 0.1) is 39.3 Å². The molecule has 6 heterocycles. The highest BCUT2D eigenvalue weighted by Crippen LogP contribution is 2.54. The molecular weight excluding hydrogens is 1040 g/mol. The van der Waals surface area contributed by atoms with Crippen molar-refractivity contribution in [2.24, 2.45) is 11.3 Å². The number of anilines is 4. The molecule has 2 aliphatic carbocycles. The van der Waals surface area contributed by atoms with Gasteiger partial charge in [0, 0.05) is 87.3 Å². The average Bonchev–Trinajstić information content (AvgIpc) is 4.05. The third-order valence-electron chi connectivity index (χ3n) is 18.5. The summed E-state index contributed by atoms with van der Waals surface area (Å²) in [6.45, 7) is 11.1. The second-order valence-electron chi connectivity index (χ2n) is 23.6. The van der Waals surface area contributed by atoms with Crippen LogP contribution in [0.2, 0.25) is 0 Å². The molecule has 2 aromatic heterocycles. The zero-order valence-electron chi connectivity index (χ0n) is 45.4. The lowest BCUT2D eigenvalue weighted by Gasteiger charge is -2.58. The Morgan fingerprint density at radius 1 is 0.938 bits per heavy atom. The van der Waals surface area contributed by atoms with Gasteiger partial charge in [0.25, 0.3) is 21.6 Å². The van der Waals surface area contributed by atoms with Crippen molar-refractivity contribution in [2.75, 3.05) is 67.6 Å². The molecule has 17 nitrogen and oxygen atoms in total. The Bertz CT molecular complexity index is 3440. The Morgan fingerprint density at radius 3 is 2.49 bits per heavy atom. The number of piperazine rings is 1. The van der Waals surface area contributed by atoms with Crippen molar-refractivity contribution in [2.45, 2.75) is 119 Å². The zero-order valence-corrected chi connectivity index (χ0v) is 46.2. The van der Waals surface area contributed by atoms with Crippen LogP contribution in [0.3, 0.4) is 0 Å². The van der Waals surface area contributed by atoms with E-state index in [0.717, 1.165) is 94.0 Å². The Kier molecular flexibility index (Phi) is 14.4. The van der Waals surface area contributed by atoms with Crippen molar-refractivity contribution >= 4 is 55.4 Å². The molecule has 5 fully saturated rings. The quantitative estimate of drug-likeness (QED) is 0.0629. The number of carbonyl (C=O) groups is 1. The number of sulfonamides is 1. The molecule has 3 saturated heterocycles. The van der Waals surface area contributed by atoms with Crippen LogP contribution in [0.5, 0.6) is 5.88 Å². The Balaban J connectivity index is 0.798. The maximum absolute atomic E-state index is 14.8. The number of aromatic nitrogens is 2. The summed E-state index contributed by atoms with van der Waals surface area (Å²) in [5.74, 6) is -2.05. The summed E-state index contributed by atoms with van der Waals surface area (Å²) in [6.07, 6.45) is 8.66. The number of hydrogen-bond donors (Lipinski definition) is 4. The first kappa shape index (κ1) is 53.9. The molecule has 6 aromatic rings. The molecule has 2 saturated carbocycles. The lowest BCUT2D eigenvalue weighted by molar-refractivity contribution is -0.384. The number of benzene rings is 4. The highest BCUT2D eigenvalue weighted by atomic mass is 32.2. The number of pyridine rings is 1. The smallest absolute Gasteiger partial charge is 0.293 e. The monoisotopic (exact) mass is 1110 g/mol. The van der Waals surface area contributed by atoms with Gasteiger partial charge < -0.3 is 34.7 Å². The number of aliphatic hydroxyl groups is 1. The highest BCUT2D eigenvalue weighted by molar-refractivity contribution is 7.90. The molecule has 20 heteroatoms. The molecule has 0 bridgehead atoms. The van der Waals surface area contributed by atoms with Crippen LogP contribution in [0.25, 0.3) is 11.0 Å². The van der Waals surface area contributed by atoms with E-state index in [-0.39, 0.29) is 47.3 Å². The van der Waals surface area contributed by atoms with Gasteiger partial charge in [0.1, 0.15) is 23.1 Å². The van der Waals surface area contributed by atoms with E-state index >= 15 is 0 Å². The summed E-state index contributed by atoms with van der Waals surface area (Å²) in [4.78, 5) is 43.6. The van der Waals surface area contributed by atoms with Crippen LogP contribution in [-0.2, 0) is 14.8 Å².